The molecular weight excluding hydrogens is 308 g/mol. The van der Waals surface area contributed by atoms with Crippen LogP contribution in [0.4, 0.5) is 23.1 Å². The van der Waals surface area contributed by atoms with Crippen molar-refractivity contribution < 1.29 is 9.53 Å². The maximum Gasteiger partial charge on any atom is 0.249 e. The Morgan fingerprint density at radius 1 is 1.38 bits per heavy atom. The van der Waals surface area contributed by atoms with E-state index in [9.17, 15) is 4.79 Å². The summed E-state index contributed by atoms with van der Waals surface area (Å²) < 4.78 is 5.57. The molecule has 2 heterocycles. The van der Waals surface area contributed by atoms with Gasteiger partial charge in [-0.05, 0) is 31.0 Å². The number of nitrogens with zero attached hydrogens (tertiary/aromatic N) is 3. The summed E-state index contributed by atoms with van der Waals surface area (Å²) in [4.78, 5) is 15.5. The van der Waals surface area contributed by atoms with Crippen molar-refractivity contribution >= 4 is 29.0 Å². The highest BCUT2D eigenvalue weighted by molar-refractivity contribution is 5.89. The normalized spacial score (nSPS) is 16.6. The number of benzene rings is 1. The first-order valence-electron chi connectivity index (χ1n) is 7.89. The minimum absolute atomic E-state index is 0.120. The number of aromatic nitrogens is 3. The number of carbonyl (C=O) groups is 1. The molecule has 1 aromatic heterocycles. The number of nitrogens with one attached hydrogen (secondary N) is 3. The summed E-state index contributed by atoms with van der Waals surface area (Å²) in [6.45, 7) is 3.00. The van der Waals surface area contributed by atoms with E-state index in [4.69, 9.17) is 4.74 Å². The van der Waals surface area contributed by atoms with Gasteiger partial charge in [0.05, 0.1) is 12.3 Å². The lowest BCUT2D eigenvalue weighted by Gasteiger charge is -2.12. The first kappa shape index (κ1) is 16.1. The molecule has 3 N–H and O–H groups in total. The Hall–Kier alpha value is -2.74. The Balaban J connectivity index is 1.62. The van der Waals surface area contributed by atoms with Crippen LogP contribution in [0.3, 0.4) is 0 Å². The van der Waals surface area contributed by atoms with Gasteiger partial charge in [-0.2, -0.15) is 10.1 Å². The van der Waals surface area contributed by atoms with E-state index in [0.29, 0.717) is 24.0 Å². The van der Waals surface area contributed by atoms with Gasteiger partial charge in [0.1, 0.15) is 0 Å². The lowest BCUT2D eigenvalue weighted by atomic mass is 10.2. The van der Waals surface area contributed by atoms with Crippen LogP contribution in [0.5, 0.6) is 0 Å². The molecule has 126 valence electrons. The van der Waals surface area contributed by atoms with Crippen molar-refractivity contribution in [3.63, 3.8) is 0 Å². The Kier molecular flexibility index (Phi) is 5.17. The molecule has 1 aromatic carbocycles. The van der Waals surface area contributed by atoms with E-state index in [2.05, 4.69) is 31.1 Å². The van der Waals surface area contributed by atoms with Crippen LogP contribution >= 0.6 is 0 Å². The van der Waals surface area contributed by atoms with Crippen LogP contribution in [0.15, 0.2) is 30.5 Å². The largest absolute Gasteiger partial charge is 0.376 e. The summed E-state index contributed by atoms with van der Waals surface area (Å²) in [6.07, 6.45) is 3.97. The van der Waals surface area contributed by atoms with Gasteiger partial charge in [-0.25, -0.2) is 0 Å². The predicted octanol–water partition coefficient (Wildman–Crippen LogP) is 2.16. The van der Waals surface area contributed by atoms with Crippen molar-refractivity contribution in [1.29, 1.82) is 0 Å². The summed E-state index contributed by atoms with van der Waals surface area (Å²) >= 11 is 0. The number of anilines is 4. The molecule has 0 radical (unpaired) electrons. The second kappa shape index (κ2) is 7.69. The van der Waals surface area contributed by atoms with Gasteiger partial charge in [-0.1, -0.05) is 6.07 Å². The van der Waals surface area contributed by atoms with Crippen molar-refractivity contribution in [2.24, 2.45) is 0 Å². The number of amides is 1. The van der Waals surface area contributed by atoms with Crippen LogP contribution in [0, 0.1) is 0 Å². The van der Waals surface area contributed by atoms with Gasteiger partial charge in [-0.3, -0.25) is 4.79 Å². The third kappa shape index (κ3) is 4.63. The van der Waals surface area contributed by atoms with Crippen molar-refractivity contribution in [3.05, 3.63) is 30.5 Å². The predicted molar refractivity (Wildman–Crippen MR) is 91.3 cm³/mol. The number of carbonyl (C=O) groups excluding carboxylic acids is 1. The molecule has 1 atom stereocenters. The van der Waals surface area contributed by atoms with Gasteiger partial charge < -0.3 is 20.7 Å². The van der Waals surface area contributed by atoms with Crippen molar-refractivity contribution in [2.75, 3.05) is 29.1 Å². The van der Waals surface area contributed by atoms with E-state index >= 15 is 0 Å². The Morgan fingerprint density at radius 2 is 2.25 bits per heavy atom. The number of hydrogen-bond acceptors (Lipinski definition) is 7. The third-order valence-corrected chi connectivity index (χ3v) is 3.53. The fourth-order valence-corrected chi connectivity index (χ4v) is 2.47. The molecule has 1 saturated heterocycles. The number of rotatable bonds is 6. The van der Waals surface area contributed by atoms with E-state index in [0.717, 1.165) is 25.1 Å². The molecule has 1 aliphatic heterocycles. The molecular formula is C16H20N6O2. The van der Waals surface area contributed by atoms with Gasteiger partial charge >= 0.3 is 0 Å². The van der Waals surface area contributed by atoms with E-state index < -0.39 is 0 Å². The zero-order valence-electron chi connectivity index (χ0n) is 13.5. The van der Waals surface area contributed by atoms with E-state index in [1.165, 1.54) is 6.92 Å². The monoisotopic (exact) mass is 328 g/mol. The minimum Gasteiger partial charge on any atom is -0.376 e. The molecule has 24 heavy (non-hydrogen) atoms. The van der Waals surface area contributed by atoms with Crippen molar-refractivity contribution in [2.45, 2.75) is 25.9 Å². The van der Waals surface area contributed by atoms with Crippen LogP contribution in [0.2, 0.25) is 0 Å². The molecule has 0 spiro atoms. The topological polar surface area (TPSA) is 101 Å². The van der Waals surface area contributed by atoms with Crippen molar-refractivity contribution in [3.8, 4) is 0 Å². The lowest BCUT2D eigenvalue weighted by Crippen LogP contribution is -2.19. The Morgan fingerprint density at radius 3 is 3.04 bits per heavy atom. The summed E-state index contributed by atoms with van der Waals surface area (Å²) in [5.41, 5.74) is 1.47. The highest BCUT2D eigenvalue weighted by atomic mass is 16.5. The molecule has 8 heteroatoms. The van der Waals surface area contributed by atoms with Gasteiger partial charge in [-0.15, -0.1) is 5.10 Å². The van der Waals surface area contributed by atoms with Crippen LogP contribution in [-0.2, 0) is 9.53 Å². The zero-order chi connectivity index (χ0) is 16.8. The second-order valence-corrected chi connectivity index (χ2v) is 5.57. The molecule has 0 aliphatic carbocycles. The fraction of sp³-hybridized carbons (Fsp3) is 0.375. The van der Waals surface area contributed by atoms with Gasteiger partial charge in [0, 0.05) is 31.5 Å². The number of ether oxygens (including phenoxy) is 1. The molecule has 8 nitrogen and oxygen atoms in total. The van der Waals surface area contributed by atoms with Crippen LogP contribution in [0.1, 0.15) is 19.8 Å². The minimum atomic E-state index is -0.120. The number of hydrogen-bond donors (Lipinski definition) is 3. The van der Waals surface area contributed by atoms with Crippen molar-refractivity contribution in [1.82, 2.24) is 15.2 Å². The molecule has 1 fully saturated rings. The molecule has 1 unspecified atom stereocenters. The summed E-state index contributed by atoms with van der Waals surface area (Å²) in [6, 6.07) is 7.31. The fourth-order valence-electron chi connectivity index (χ4n) is 2.47. The van der Waals surface area contributed by atoms with E-state index in [1.54, 1.807) is 12.3 Å². The highest BCUT2D eigenvalue weighted by Gasteiger charge is 2.15. The average molecular weight is 328 g/mol. The molecule has 1 amide bonds. The second-order valence-electron chi connectivity index (χ2n) is 5.57. The summed E-state index contributed by atoms with van der Waals surface area (Å²) in [5, 5.41) is 16.9. The molecule has 1 aliphatic rings. The standard InChI is InChI=1S/C16H20N6O2/c1-11(23)19-12-4-2-5-13(8-12)20-16-21-15(10-18-22-16)17-9-14-6-3-7-24-14/h2,4-5,8,10,14H,3,6-7,9H2,1H3,(H,19,23)(H2,17,20,21,22). The molecule has 0 bridgehead atoms. The lowest BCUT2D eigenvalue weighted by molar-refractivity contribution is -0.114. The Labute approximate surface area is 140 Å². The molecule has 0 saturated carbocycles. The smallest absolute Gasteiger partial charge is 0.249 e. The molecule has 3 rings (SSSR count). The van der Waals surface area contributed by atoms with Crippen LogP contribution in [-0.4, -0.2) is 40.3 Å². The zero-order valence-corrected chi connectivity index (χ0v) is 13.5. The average Bonchev–Trinajstić information content (AvgIpc) is 3.06. The van der Waals surface area contributed by atoms with Gasteiger partial charge in [0.25, 0.3) is 0 Å². The Bertz CT molecular complexity index is 702. The first-order valence-corrected chi connectivity index (χ1v) is 7.89. The van der Waals surface area contributed by atoms with E-state index in [-0.39, 0.29) is 12.0 Å². The summed E-state index contributed by atoms with van der Waals surface area (Å²) in [5.74, 6) is 0.902. The van der Waals surface area contributed by atoms with Gasteiger partial charge in [0.2, 0.25) is 11.9 Å². The maximum atomic E-state index is 11.1. The van der Waals surface area contributed by atoms with Crippen LogP contribution < -0.4 is 16.0 Å². The first-order chi connectivity index (χ1) is 11.7. The van der Waals surface area contributed by atoms with Gasteiger partial charge in [0.15, 0.2) is 5.82 Å². The van der Waals surface area contributed by atoms with Crippen LogP contribution in [0.25, 0.3) is 0 Å². The quantitative estimate of drug-likeness (QED) is 0.747. The third-order valence-electron chi connectivity index (χ3n) is 3.53. The SMILES string of the molecule is CC(=O)Nc1cccc(Nc2nncc(NCC3CCCO3)n2)c1. The summed E-state index contributed by atoms with van der Waals surface area (Å²) in [7, 11) is 0. The maximum absolute atomic E-state index is 11.1. The highest BCUT2D eigenvalue weighted by Crippen LogP contribution is 2.18. The molecule has 2 aromatic rings. The van der Waals surface area contributed by atoms with E-state index in [1.807, 2.05) is 18.2 Å².